The first kappa shape index (κ1) is 25.2. The molecule has 36 heavy (non-hydrogen) atoms. The standard InChI is InChI=1S/C32H33NO3/c1-31(2,3)28-21-27(36-4)20-24(29(28)34)22-33-32(25-16-10-6-11-17-25,26-18-12-7-13-19-26)30(35)23-14-8-5-9-15-23/h5-22,30,34-35H,1-4H3/t30-/m0/s1. The first-order chi connectivity index (χ1) is 17.3. The number of hydrogen-bond donors (Lipinski definition) is 2. The normalized spacial score (nSPS) is 13.0. The molecule has 0 unspecified atom stereocenters. The number of hydrogen-bond acceptors (Lipinski definition) is 4. The molecule has 4 aromatic rings. The van der Waals surface area contributed by atoms with Crippen LogP contribution in [-0.4, -0.2) is 23.5 Å². The molecule has 0 heterocycles. The molecule has 184 valence electrons. The number of phenolic OH excluding ortho intramolecular Hbond substituents is 1. The number of methoxy groups -OCH3 is 1. The second-order valence-electron chi connectivity index (χ2n) is 9.93. The number of rotatable bonds is 7. The summed E-state index contributed by atoms with van der Waals surface area (Å²) in [4.78, 5) is 5.11. The number of benzene rings is 4. The predicted molar refractivity (Wildman–Crippen MR) is 146 cm³/mol. The Morgan fingerprint density at radius 3 is 1.75 bits per heavy atom. The summed E-state index contributed by atoms with van der Waals surface area (Å²) < 4.78 is 5.54. The molecule has 4 rings (SSSR count). The highest BCUT2D eigenvalue weighted by Gasteiger charge is 2.42. The van der Waals surface area contributed by atoms with Crippen LogP contribution in [-0.2, 0) is 11.0 Å². The molecule has 0 aliphatic heterocycles. The number of phenols is 1. The molecule has 4 heteroatoms. The molecule has 0 fully saturated rings. The molecule has 0 radical (unpaired) electrons. The van der Waals surface area contributed by atoms with Gasteiger partial charge in [-0.1, -0.05) is 112 Å². The highest BCUT2D eigenvalue weighted by molar-refractivity contribution is 5.86. The van der Waals surface area contributed by atoms with E-state index in [9.17, 15) is 10.2 Å². The second-order valence-corrected chi connectivity index (χ2v) is 9.93. The maximum atomic E-state index is 12.0. The van der Waals surface area contributed by atoms with Crippen molar-refractivity contribution in [1.29, 1.82) is 0 Å². The first-order valence-electron chi connectivity index (χ1n) is 12.1. The molecular formula is C32H33NO3. The van der Waals surface area contributed by atoms with Crippen LogP contribution >= 0.6 is 0 Å². The van der Waals surface area contributed by atoms with Crippen molar-refractivity contribution in [2.24, 2.45) is 4.99 Å². The summed E-state index contributed by atoms with van der Waals surface area (Å²) in [6.07, 6.45) is 0.661. The van der Waals surface area contributed by atoms with Crippen LogP contribution in [0.4, 0.5) is 0 Å². The number of ether oxygens (including phenoxy) is 1. The number of aromatic hydroxyl groups is 1. The van der Waals surface area contributed by atoms with Gasteiger partial charge in [-0.15, -0.1) is 0 Å². The largest absolute Gasteiger partial charge is 0.507 e. The lowest BCUT2D eigenvalue weighted by atomic mass is 9.76. The van der Waals surface area contributed by atoms with Gasteiger partial charge in [0.15, 0.2) is 0 Å². The van der Waals surface area contributed by atoms with Crippen LogP contribution < -0.4 is 4.74 Å². The Balaban J connectivity index is 2.00. The monoisotopic (exact) mass is 479 g/mol. The Morgan fingerprint density at radius 1 is 0.778 bits per heavy atom. The molecule has 0 saturated heterocycles. The third-order valence-electron chi connectivity index (χ3n) is 6.50. The fourth-order valence-electron chi connectivity index (χ4n) is 4.55. The van der Waals surface area contributed by atoms with E-state index in [2.05, 4.69) is 0 Å². The summed E-state index contributed by atoms with van der Waals surface area (Å²) in [6, 6.07) is 32.7. The molecule has 0 saturated carbocycles. The van der Waals surface area contributed by atoms with Gasteiger partial charge in [-0.3, -0.25) is 4.99 Å². The highest BCUT2D eigenvalue weighted by Crippen LogP contribution is 2.45. The second kappa shape index (κ2) is 10.4. The van der Waals surface area contributed by atoms with Crippen LogP contribution in [0.2, 0.25) is 0 Å². The van der Waals surface area contributed by atoms with Gasteiger partial charge in [0.05, 0.1) is 7.11 Å². The Kier molecular flexibility index (Phi) is 7.27. The minimum atomic E-state index is -1.17. The van der Waals surface area contributed by atoms with Gasteiger partial charge in [0.1, 0.15) is 23.1 Å². The summed E-state index contributed by atoms with van der Waals surface area (Å²) in [5.41, 5.74) is 2.23. The molecule has 4 aromatic carbocycles. The number of nitrogens with zero attached hydrogens (tertiary/aromatic N) is 1. The van der Waals surface area contributed by atoms with Crippen LogP contribution in [0.25, 0.3) is 0 Å². The summed E-state index contributed by atoms with van der Waals surface area (Å²) in [7, 11) is 1.61. The Bertz CT molecular complexity index is 1270. The van der Waals surface area contributed by atoms with E-state index in [1.807, 2.05) is 118 Å². The maximum Gasteiger partial charge on any atom is 0.141 e. The van der Waals surface area contributed by atoms with Gasteiger partial charge in [0.25, 0.3) is 0 Å². The van der Waals surface area contributed by atoms with Crippen LogP contribution in [0.1, 0.15) is 54.7 Å². The van der Waals surface area contributed by atoms with Crippen molar-refractivity contribution in [2.45, 2.75) is 37.8 Å². The first-order valence-corrected chi connectivity index (χ1v) is 12.1. The van der Waals surface area contributed by atoms with E-state index >= 15 is 0 Å². The van der Waals surface area contributed by atoms with E-state index in [1.165, 1.54) is 0 Å². The van der Waals surface area contributed by atoms with Crippen LogP contribution in [0.5, 0.6) is 11.5 Å². The molecule has 4 nitrogen and oxygen atoms in total. The van der Waals surface area contributed by atoms with Crippen molar-refractivity contribution in [3.8, 4) is 11.5 Å². The van der Waals surface area contributed by atoms with E-state index in [0.717, 1.165) is 22.3 Å². The van der Waals surface area contributed by atoms with E-state index < -0.39 is 11.6 Å². The lowest BCUT2D eigenvalue weighted by Gasteiger charge is -2.36. The minimum absolute atomic E-state index is 0.149. The van der Waals surface area contributed by atoms with E-state index in [-0.39, 0.29) is 11.2 Å². The average molecular weight is 480 g/mol. The maximum absolute atomic E-state index is 12.0. The van der Waals surface area contributed by atoms with Gasteiger partial charge >= 0.3 is 0 Å². The number of aliphatic hydroxyl groups is 1. The summed E-state index contributed by atoms with van der Waals surface area (Å²) in [5.74, 6) is 0.782. The molecule has 0 amide bonds. The van der Waals surface area contributed by atoms with E-state index in [4.69, 9.17) is 9.73 Å². The summed E-state index contributed by atoms with van der Waals surface area (Å²) in [6.45, 7) is 6.12. The average Bonchev–Trinajstić information content (AvgIpc) is 2.90. The Morgan fingerprint density at radius 2 is 1.28 bits per heavy atom. The predicted octanol–water partition coefficient (Wildman–Crippen LogP) is 6.79. The molecule has 1 atom stereocenters. The van der Waals surface area contributed by atoms with Gasteiger partial charge in [-0.2, -0.15) is 0 Å². The van der Waals surface area contributed by atoms with Gasteiger partial charge in [-0.25, -0.2) is 0 Å². The quantitative estimate of drug-likeness (QED) is 0.287. The molecule has 0 aromatic heterocycles. The fraction of sp³-hybridized carbons (Fsp3) is 0.219. The van der Waals surface area contributed by atoms with Crippen molar-refractivity contribution >= 4 is 6.21 Å². The Hall–Kier alpha value is -3.89. The zero-order valence-corrected chi connectivity index (χ0v) is 21.2. The third kappa shape index (κ3) is 4.91. The zero-order chi connectivity index (χ0) is 25.8. The molecular weight excluding hydrogens is 446 g/mol. The Labute approximate surface area is 213 Å². The molecule has 2 N–H and O–H groups in total. The van der Waals surface area contributed by atoms with Gasteiger partial charge < -0.3 is 14.9 Å². The van der Waals surface area contributed by atoms with Crippen molar-refractivity contribution in [2.75, 3.05) is 7.11 Å². The highest BCUT2D eigenvalue weighted by atomic mass is 16.5. The van der Waals surface area contributed by atoms with Gasteiger partial charge in [-0.05, 0) is 34.2 Å². The van der Waals surface area contributed by atoms with E-state index in [0.29, 0.717) is 11.3 Å². The smallest absolute Gasteiger partial charge is 0.141 e. The fourth-order valence-corrected chi connectivity index (χ4v) is 4.55. The van der Waals surface area contributed by atoms with Crippen molar-refractivity contribution in [3.63, 3.8) is 0 Å². The van der Waals surface area contributed by atoms with Crippen LogP contribution in [0, 0.1) is 0 Å². The molecule has 0 aliphatic rings. The summed E-state index contributed by atoms with van der Waals surface area (Å²) in [5, 5.41) is 23.2. The SMILES string of the molecule is COc1cc(C=NC(c2ccccc2)(c2ccccc2)[C@@H](O)c2ccccc2)c(O)c(C(C)(C)C)c1. The summed E-state index contributed by atoms with van der Waals surface area (Å²) >= 11 is 0. The lowest BCUT2D eigenvalue weighted by molar-refractivity contribution is 0.107. The minimum Gasteiger partial charge on any atom is -0.507 e. The molecule has 0 aliphatic carbocycles. The topological polar surface area (TPSA) is 62.0 Å². The lowest BCUT2D eigenvalue weighted by Crippen LogP contribution is -2.33. The zero-order valence-electron chi connectivity index (χ0n) is 21.2. The third-order valence-corrected chi connectivity index (χ3v) is 6.50. The van der Waals surface area contributed by atoms with Gasteiger partial charge in [0.2, 0.25) is 0 Å². The molecule has 0 bridgehead atoms. The van der Waals surface area contributed by atoms with Crippen molar-refractivity contribution in [1.82, 2.24) is 0 Å². The van der Waals surface area contributed by atoms with Gasteiger partial charge in [0, 0.05) is 17.3 Å². The molecule has 0 spiro atoms. The van der Waals surface area contributed by atoms with Crippen molar-refractivity contribution < 1.29 is 14.9 Å². The van der Waals surface area contributed by atoms with Crippen LogP contribution in [0.15, 0.2) is 108 Å². The number of aliphatic imine (C=N–C) groups is 1. The van der Waals surface area contributed by atoms with Crippen molar-refractivity contribution in [3.05, 3.63) is 131 Å². The van der Waals surface area contributed by atoms with E-state index in [1.54, 1.807) is 19.4 Å². The number of aliphatic hydroxyl groups excluding tert-OH is 1. The van der Waals surface area contributed by atoms with Crippen LogP contribution in [0.3, 0.4) is 0 Å².